The second-order valence-corrected chi connectivity index (χ2v) is 2.54. The van der Waals surface area contributed by atoms with Crippen LogP contribution in [0.2, 0.25) is 0 Å². The number of nitrogens with zero attached hydrogens (tertiary/aromatic N) is 1. The molecule has 0 aromatic heterocycles. The molecule has 3 nitrogen and oxygen atoms in total. The molecule has 0 bridgehead atoms. The average molecular weight is 186 g/mol. The van der Waals surface area contributed by atoms with Crippen molar-refractivity contribution in [2.75, 3.05) is 20.1 Å². The van der Waals surface area contributed by atoms with E-state index in [9.17, 15) is 4.79 Å². The predicted octanol–water partition coefficient (Wildman–Crippen LogP) is -0.414. The summed E-state index contributed by atoms with van der Waals surface area (Å²) in [7, 11) is 1.94. The Morgan fingerprint density at radius 1 is 1.70 bits per heavy atom. The molecule has 1 heterocycles. The third-order valence-electron chi connectivity index (χ3n) is 1.37. The van der Waals surface area contributed by atoms with Crippen molar-refractivity contribution in [2.45, 2.75) is 5.60 Å². The van der Waals surface area contributed by atoms with Gasteiger partial charge in [-0.25, -0.2) is 0 Å². The molecule has 0 atom stereocenters. The Hall–Kier alpha value is -0.0765. The van der Waals surface area contributed by atoms with Crippen molar-refractivity contribution in [3.63, 3.8) is 0 Å². The monoisotopic (exact) mass is 185 g/mol. The second kappa shape index (κ2) is 3.35. The van der Waals surface area contributed by atoms with Gasteiger partial charge < -0.3 is 21.4 Å². The van der Waals surface area contributed by atoms with Crippen LogP contribution in [0.1, 0.15) is 0 Å². The van der Waals surface area contributed by atoms with Crippen LogP contribution in [-0.4, -0.2) is 37.1 Å². The normalized spacial score (nSPS) is 22.2. The molecule has 0 unspecified atom stereocenters. The van der Waals surface area contributed by atoms with Crippen LogP contribution >= 0.6 is 0 Å². The van der Waals surface area contributed by atoms with Gasteiger partial charge in [0.05, 0.1) is 0 Å². The van der Waals surface area contributed by atoms with Gasteiger partial charge in [0, 0.05) is 13.1 Å². The Balaban J connectivity index is 0.000000810. The smallest absolute Gasteiger partial charge is 0.669 e. The number of hydrogen-bond acceptors (Lipinski definition) is 3. The molecule has 0 spiro atoms. The molecular weight excluding hydrogens is 177 g/mol. The van der Waals surface area contributed by atoms with Crippen molar-refractivity contribution in [3.05, 3.63) is 6.92 Å². The summed E-state index contributed by atoms with van der Waals surface area (Å²) >= 11 is 0. The Bertz CT molecular complexity index is 123. The molecule has 1 aliphatic heterocycles. The van der Waals surface area contributed by atoms with E-state index in [0.717, 1.165) is 0 Å². The van der Waals surface area contributed by atoms with E-state index >= 15 is 0 Å². The minimum Gasteiger partial charge on any atom is -0.669 e. The molecule has 1 rings (SSSR count). The van der Waals surface area contributed by atoms with Crippen LogP contribution in [0.5, 0.6) is 0 Å². The minimum absolute atomic E-state index is 0. The van der Waals surface area contributed by atoms with Gasteiger partial charge in [0.1, 0.15) is 0 Å². The first-order valence-corrected chi connectivity index (χ1v) is 2.75. The summed E-state index contributed by atoms with van der Waals surface area (Å²) in [5.41, 5.74) is -0.503. The van der Waals surface area contributed by atoms with E-state index in [1.165, 1.54) is 6.47 Å². The SMILES string of the molecule is [CH2-]C1(O[C-]=O)CN(C)C1.[Ni+2]. The summed E-state index contributed by atoms with van der Waals surface area (Å²) in [6.45, 7) is 6.50. The van der Waals surface area contributed by atoms with Gasteiger partial charge in [0.2, 0.25) is 0 Å². The first kappa shape index (κ1) is 9.92. The number of rotatable bonds is 2. The van der Waals surface area contributed by atoms with Gasteiger partial charge in [0.25, 0.3) is 0 Å². The van der Waals surface area contributed by atoms with Crippen LogP contribution in [0.15, 0.2) is 0 Å². The van der Waals surface area contributed by atoms with Crippen molar-refractivity contribution in [2.24, 2.45) is 0 Å². The van der Waals surface area contributed by atoms with Gasteiger partial charge in [-0.05, 0) is 12.6 Å². The summed E-state index contributed by atoms with van der Waals surface area (Å²) in [4.78, 5) is 11.7. The fourth-order valence-electron chi connectivity index (χ4n) is 1.09. The second-order valence-electron chi connectivity index (χ2n) is 2.54. The molecular formula is C6H9NNiO2. The van der Waals surface area contributed by atoms with Gasteiger partial charge in [-0.2, -0.15) is 0 Å². The topological polar surface area (TPSA) is 29.5 Å². The van der Waals surface area contributed by atoms with E-state index in [-0.39, 0.29) is 16.5 Å². The zero-order valence-corrected chi connectivity index (χ0v) is 6.69. The van der Waals surface area contributed by atoms with Crippen molar-refractivity contribution in [1.82, 2.24) is 4.90 Å². The van der Waals surface area contributed by atoms with Crippen molar-refractivity contribution in [1.29, 1.82) is 0 Å². The largest absolute Gasteiger partial charge is 2.00 e. The number of likely N-dealkylation sites (tertiary alicyclic amines) is 1. The Morgan fingerprint density at radius 3 is 2.50 bits per heavy atom. The van der Waals surface area contributed by atoms with Crippen LogP contribution in [0.4, 0.5) is 0 Å². The average Bonchev–Trinajstić information content (AvgIpc) is 1.62. The van der Waals surface area contributed by atoms with Gasteiger partial charge >= 0.3 is 16.5 Å². The van der Waals surface area contributed by atoms with E-state index in [1.54, 1.807) is 0 Å². The molecule has 4 heteroatoms. The van der Waals surface area contributed by atoms with Crippen LogP contribution in [0, 0.1) is 6.92 Å². The molecule has 0 N–H and O–H groups in total. The maximum Gasteiger partial charge on any atom is 2.00 e. The summed E-state index contributed by atoms with van der Waals surface area (Å²) in [6, 6.07) is 0. The van der Waals surface area contributed by atoms with Crippen molar-refractivity contribution < 1.29 is 26.0 Å². The number of carbonyl (C=O) groups excluding carboxylic acids is 1. The van der Waals surface area contributed by atoms with Crippen LogP contribution in [0.3, 0.4) is 0 Å². The molecule has 1 fully saturated rings. The minimum atomic E-state index is -0.503. The molecule has 1 aliphatic rings. The summed E-state index contributed by atoms with van der Waals surface area (Å²) in [6.07, 6.45) is 0. The molecule has 10 heavy (non-hydrogen) atoms. The third kappa shape index (κ3) is 1.96. The Morgan fingerprint density at radius 2 is 2.20 bits per heavy atom. The molecule has 0 amide bonds. The molecule has 0 aromatic rings. The van der Waals surface area contributed by atoms with Crippen molar-refractivity contribution in [3.8, 4) is 0 Å². The van der Waals surface area contributed by atoms with Crippen LogP contribution in [0.25, 0.3) is 0 Å². The maximum absolute atomic E-state index is 9.71. The van der Waals surface area contributed by atoms with E-state index in [4.69, 9.17) is 0 Å². The molecule has 0 saturated carbocycles. The first-order chi connectivity index (χ1) is 4.16. The zero-order chi connectivity index (χ0) is 6.91. The predicted molar refractivity (Wildman–Crippen MR) is 32.4 cm³/mol. The van der Waals surface area contributed by atoms with Gasteiger partial charge in [0.15, 0.2) is 0 Å². The Kier molecular flexibility index (Phi) is 3.33. The molecule has 60 valence electrons. The summed E-state index contributed by atoms with van der Waals surface area (Å²) < 4.78 is 4.58. The van der Waals surface area contributed by atoms with Gasteiger partial charge in [-0.1, -0.05) is 6.47 Å². The van der Waals surface area contributed by atoms with E-state index in [2.05, 4.69) is 11.7 Å². The van der Waals surface area contributed by atoms with E-state index < -0.39 is 5.60 Å². The third-order valence-corrected chi connectivity index (χ3v) is 1.37. The van der Waals surface area contributed by atoms with Gasteiger partial charge in [-0.3, -0.25) is 0 Å². The van der Waals surface area contributed by atoms with Crippen LogP contribution < -0.4 is 0 Å². The Labute approximate surface area is 70.6 Å². The molecule has 0 radical (unpaired) electrons. The fraction of sp³-hybridized carbons (Fsp3) is 0.667. The number of likely N-dealkylation sites (N-methyl/N-ethyl adjacent to an activating group) is 1. The molecule has 1 saturated heterocycles. The molecule has 0 aliphatic carbocycles. The van der Waals surface area contributed by atoms with Crippen LogP contribution in [-0.2, 0) is 26.0 Å². The summed E-state index contributed by atoms with van der Waals surface area (Å²) in [5.74, 6) is 0. The number of ether oxygens (including phenoxy) is 1. The first-order valence-electron chi connectivity index (χ1n) is 2.75. The summed E-state index contributed by atoms with van der Waals surface area (Å²) in [5, 5.41) is 0. The molecule has 0 aromatic carbocycles. The maximum atomic E-state index is 9.71. The quantitative estimate of drug-likeness (QED) is 0.433. The van der Waals surface area contributed by atoms with Gasteiger partial charge in [-0.15, -0.1) is 0 Å². The standard InChI is InChI=1S/C6H9NO2.Ni/c1-6(9-5-8)3-7(2)4-6;/h1,3-4H2,2H3;/q-2;+2. The zero-order valence-electron chi connectivity index (χ0n) is 5.70. The van der Waals surface area contributed by atoms with E-state index in [1.807, 2.05) is 11.9 Å². The van der Waals surface area contributed by atoms with Crippen molar-refractivity contribution >= 4 is 6.47 Å². The van der Waals surface area contributed by atoms with E-state index in [0.29, 0.717) is 13.1 Å². The number of hydrogen-bond donors (Lipinski definition) is 0. The fourth-order valence-corrected chi connectivity index (χ4v) is 1.09.